The van der Waals surface area contributed by atoms with Gasteiger partial charge in [0.1, 0.15) is 5.76 Å². The second-order valence-electron chi connectivity index (χ2n) is 5.53. The zero-order valence-electron chi connectivity index (χ0n) is 13.6. The second kappa shape index (κ2) is 6.18. The second-order valence-corrected chi connectivity index (χ2v) is 5.53. The SMILES string of the molecule is Cc1ccc(C(=O)OCC(=O)c2cc(C)c(C)c(C)c2C)o1. The summed E-state index contributed by atoms with van der Waals surface area (Å²) in [7, 11) is 0. The lowest BCUT2D eigenvalue weighted by molar-refractivity contribution is 0.0442. The van der Waals surface area contributed by atoms with Gasteiger partial charge in [0.05, 0.1) is 0 Å². The summed E-state index contributed by atoms with van der Waals surface area (Å²) in [6, 6.07) is 5.06. The Morgan fingerprint density at radius 3 is 2.27 bits per heavy atom. The number of esters is 1. The summed E-state index contributed by atoms with van der Waals surface area (Å²) in [6.07, 6.45) is 0. The zero-order chi connectivity index (χ0) is 16.4. The lowest BCUT2D eigenvalue weighted by Crippen LogP contribution is -2.16. The van der Waals surface area contributed by atoms with Crippen LogP contribution in [0.4, 0.5) is 0 Å². The van der Waals surface area contributed by atoms with Crippen molar-refractivity contribution < 1.29 is 18.7 Å². The standard InChI is InChI=1S/C18H20O4/c1-10-8-15(14(5)13(4)12(10)3)16(19)9-21-18(20)17-7-6-11(2)22-17/h6-8H,9H2,1-5H3. The molecule has 0 aliphatic heterocycles. The number of ether oxygens (including phenoxy) is 1. The lowest BCUT2D eigenvalue weighted by atomic mass is 9.93. The first-order valence-corrected chi connectivity index (χ1v) is 7.15. The maximum Gasteiger partial charge on any atom is 0.374 e. The molecule has 1 aromatic carbocycles. The van der Waals surface area contributed by atoms with Crippen LogP contribution < -0.4 is 0 Å². The molecule has 0 saturated carbocycles. The van der Waals surface area contributed by atoms with Gasteiger partial charge in [0.25, 0.3) is 0 Å². The van der Waals surface area contributed by atoms with E-state index in [0.717, 1.165) is 16.7 Å². The summed E-state index contributed by atoms with van der Waals surface area (Å²) in [5.74, 6) is -0.0998. The molecule has 0 N–H and O–H groups in total. The van der Waals surface area contributed by atoms with Crippen molar-refractivity contribution >= 4 is 11.8 Å². The largest absolute Gasteiger partial charge is 0.454 e. The highest BCUT2D eigenvalue weighted by Crippen LogP contribution is 2.21. The number of rotatable bonds is 4. The van der Waals surface area contributed by atoms with Crippen LogP contribution in [0.3, 0.4) is 0 Å². The van der Waals surface area contributed by atoms with Crippen LogP contribution in [0.5, 0.6) is 0 Å². The van der Waals surface area contributed by atoms with Crippen LogP contribution >= 0.6 is 0 Å². The summed E-state index contributed by atoms with van der Waals surface area (Å²) in [5.41, 5.74) is 4.86. The van der Waals surface area contributed by atoms with E-state index in [1.54, 1.807) is 13.0 Å². The van der Waals surface area contributed by atoms with E-state index < -0.39 is 5.97 Å². The van der Waals surface area contributed by atoms with Crippen molar-refractivity contribution in [2.24, 2.45) is 0 Å². The predicted octanol–water partition coefficient (Wildman–Crippen LogP) is 3.86. The van der Waals surface area contributed by atoms with Gasteiger partial charge in [-0.2, -0.15) is 0 Å². The fourth-order valence-electron chi connectivity index (χ4n) is 2.33. The Kier molecular flexibility index (Phi) is 4.50. The Balaban J connectivity index is 2.12. The molecule has 2 aromatic rings. The highest BCUT2D eigenvalue weighted by atomic mass is 16.5. The van der Waals surface area contributed by atoms with E-state index in [0.29, 0.717) is 11.3 Å². The number of ketones is 1. The molecular formula is C18H20O4. The first-order chi connectivity index (χ1) is 10.3. The number of hydrogen-bond acceptors (Lipinski definition) is 4. The van der Waals surface area contributed by atoms with E-state index in [-0.39, 0.29) is 18.2 Å². The lowest BCUT2D eigenvalue weighted by Gasteiger charge is -2.13. The number of aryl methyl sites for hydroxylation is 2. The van der Waals surface area contributed by atoms with E-state index in [2.05, 4.69) is 0 Å². The maximum atomic E-state index is 12.3. The average molecular weight is 300 g/mol. The van der Waals surface area contributed by atoms with Gasteiger partial charge in [-0.3, -0.25) is 4.79 Å². The van der Waals surface area contributed by atoms with Crippen LogP contribution in [-0.4, -0.2) is 18.4 Å². The number of hydrogen-bond donors (Lipinski definition) is 0. The molecule has 22 heavy (non-hydrogen) atoms. The Morgan fingerprint density at radius 1 is 1.00 bits per heavy atom. The minimum atomic E-state index is -0.625. The molecule has 0 atom stereocenters. The van der Waals surface area contributed by atoms with E-state index in [9.17, 15) is 9.59 Å². The fraction of sp³-hybridized carbons (Fsp3) is 0.333. The van der Waals surface area contributed by atoms with Gasteiger partial charge in [0.15, 0.2) is 6.61 Å². The minimum Gasteiger partial charge on any atom is -0.454 e. The number of furan rings is 1. The van der Waals surface area contributed by atoms with Crippen molar-refractivity contribution in [3.05, 3.63) is 57.5 Å². The van der Waals surface area contributed by atoms with Crippen molar-refractivity contribution in [2.75, 3.05) is 6.61 Å². The summed E-state index contributed by atoms with van der Waals surface area (Å²) < 4.78 is 10.2. The molecule has 1 heterocycles. The number of carbonyl (C=O) groups excluding carboxylic acids is 2. The molecule has 1 aromatic heterocycles. The molecule has 0 fully saturated rings. The molecule has 0 unspecified atom stereocenters. The Morgan fingerprint density at radius 2 is 1.68 bits per heavy atom. The Labute approximate surface area is 130 Å². The number of Topliss-reactive ketones (excluding diaryl/α,β-unsaturated/α-hetero) is 1. The molecule has 116 valence electrons. The van der Waals surface area contributed by atoms with Gasteiger partial charge in [0, 0.05) is 5.56 Å². The van der Waals surface area contributed by atoms with Crippen LogP contribution in [0.15, 0.2) is 22.6 Å². The third-order valence-corrected chi connectivity index (χ3v) is 4.06. The van der Waals surface area contributed by atoms with Gasteiger partial charge in [-0.25, -0.2) is 4.79 Å². The van der Waals surface area contributed by atoms with Gasteiger partial charge in [-0.1, -0.05) is 0 Å². The molecule has 4 heteroatoms. The molecule has 0 radical (unpaired) electrons. The summed E-state index contributed by atoms with van der Waals surface area (Å²) in [5, 5.41) is 0. The van der Waals surface area contributed by atoms with Crippen LogP contribution in [0, 0.1) is 34.6 Å². The van der Waals surface area contributed by atoms with Crippen LogP contribution in [-0.2, 0) is 4.74 Å². The van der Waals surface area contributed by atoms with Crippen LogP contribution in [0.25, 0.3) is 0 Å². The van der Waals surface area contributed by atoms with Gasteiger partial charge in [-0.15, -0.1) is 0 Å². The molecule has 0 saturated heterocycles. The van der Waals surface area contributed by atoms with Gasteiger partial charge in [0.2, 0.25) is 11.5 Å². The van der Waals surface area contributed by atoms with E-state index in [1.807, 2.05) is 33.8 Å². The molecule has 4 nitrogen and oxygen atoms in total. The molecule has 0 amide bonds. The summed E-state index contributed by atoms with van der Waals surface area (Å²) in [4.78, 5) is 24.1. The highest BCUT2D eigenvalue weighted by Gasteiger charge is 2.17. The fourth-order valence-corrected chi connectivity index (χ4v) is 2.33. The van der Waals surface area contributed by atoms with Crippen molar-refractivity contribution in [3.63, 3.8) is 0 Å². The van der Waals surface area contributed by atoms with Gasteiger partial charge < -0.3 is 9.15 Å². The third-order valence-electron chi connectivity index (χ3n) is 4.06. The van der Waals surface area contributed by atoms with E-state index >= 15 is 0 Å². The van der Waals surface area contributed by atoms with Crippen LogP contribution in [0.2, 0.25) is 0 Å². The highest BCUT2D eigenvalue weighted by molar-refractivity contribution is 6.00. The Bertz CT molecular complexity index is 738. The van der Waals surface area contributed by atoms with Crippen molar-refractivity contribution in [3.8, 4) is 0 Å². The first kappa shape index (κ1) is 16.0. The van der Waals surface area contributed by atoms with Crippen LogP contribution in [0.1, 0.15) is 48.9 Å². The average Bonchev–Trinajstić information content (AvgIpc) is 2.92. The summed E-state index contributed by atoms with van der Waals surface area (Å²) in [6.45, 7) is 9.35. The monoisotopic (exact) mass is 300 g/mol. The third kappa shape index (κ3) is 3.11. The minimum absolute atomic E-state index is 0.110. The zero-order valence-corrected chi connectivity index (χ0v) is 13.6. The van der Waals surface area contributed by atoms with Crippen molar-refractivity contribution in [2.45, 2.75) is 34.6 Å². The first-order valence-electron chi connectivity index (χ1n) is 7.15. The topological polar surface area (TPSA) is 56.5 Å². The quantitative estimate of drug-likeness (QED) is 0.635. The molecule has 0 aliphatic rings. The molecule has 0 aliphatic carbocycles. The molecule has 2 rings (SSSR count). The van der Waals surface area contributed by atoms with Crippen molar-refractivity contribution in [1.29, 1.82) is 0 Å². The Hall–Kier alpha value is -2.36. The molecular weight excluding hydrogens is 280 g/mol. The van der Waals surface area contributed by atoms with Crippen molar-refractivity contribution in [1.82, 2.24) is 0 Å². The molecule has 0 spiro atoms. The van der Waals surface area contributed by atoms with Gasteiger partial charge in [-0.05, 0) is 75.1 Å². The number of carbonyl (C=O) groups is 2. The smallest absolute Gasteiger partial charge is 0.374 e. The maximum absolute atomic E-state index is 12.3. The number of benzene rings is 1. The normalized spacial score (nSPS) is 10.6. The van der Waals surface area contributed by atoms with E-state index in [1.165, 1.54) is 11.6 Å². The van der Waals surface area contributed by atoms with E-state index in [4.69, 9.17) is 9.15 Å². The van der Waals surface area contributed by atoms with Gasteiger partial charge >= 0.3 is 5.97 Å². The summed E-state index contributed by atoms with van der Waals surface area (Å²) >= 11 is 0. The molecule has 0 bridgehead atoms. The predicted molar refractivity (Wildman–Crippen MR) is 83.4 cm³/mol.